The van der Waals surface area contributed by atoms with Gasteiger partial charge in [-0.3, -0.25) is 4.79 Å². The second-order valence-corrected chi connectivity index (χ2v) is 8.16. The van der Waals surface area contributed by atoms with Crippen LogP contribution in [-0.2, 0) is 23.6 Å². The van der Waals surface area contributed by atoms with Crippen molar-refractivity contribution in [1.29, 1.82) is 0 Å². The molecule has 0 saturated carbocycles. The van der Waals surface area contributed by atoms with E-state index in [1.165, 1.54) is 64.2 Å². The Morgan fingerprint density at radius 2 is 1.35 bits per heavy atom. The summed E-state index contributed by atoms with van der Waals surface area (Å²) < 4.78 is 32.2. The van der Waals surface area contributed by atoms with Gasteiger partial charge in [0.1, 0.15) is 0 Å². The van der Waals surface area contributed by atoms with Gasteiger partial charge in [-0.25, -0.2) is 4.18 Å². The van der Waals surface area contributed by atoms with E-state index in [2.05, 4.69) is 11.1 Å². The number of nitrogens with two attached hydrogens (primary N) is 1. The summed E-state index contributed by atoms with van der Waals surface area (Å²) in [5, 5.41) is 0. The summed E-state index contributed by atoms with van der Waals surface area (Å²) in [5.41, 5.74) is 5.17. The van der Waals surface area contributed by atoms with Crippen molar-refractivity contribution in [3.05, 3.63) is 0 Å². The molecule has 156 valence electrons. The zero-order valence-corrected chi connectivity index (χ0v) is 17.5. The van der Waals surface area contributed by atoms with Crippen LogP contribution in [0.4, 0.5) is 0 Å². The van der Waals surface area contributed by atoms with E-state index in [1.807, 2.05) is 0 Å². The fourth-order valence-electron chi connectivity index (χ4n) is 2.82. The van der Waals surface area contributed by atoms with Crippen molar-refractivity contribution in [3.63, 3.8) is 0 Å². The molecule has 0 rings (SSSR count). The van der Waals surface area contributed by atoms with Crippen LogP contribution < -0.4 is 5.73 Å². The van der Waals surface area contributed by atoms with E-state index in [4.69, 9.17) is 9.92 Å². The first-order chi connectivity index (χ1) is 12.4. The molecule has 0 aliphatic carbocycles. The normalized spacial score (nSPS) is 12.9. The third-order valence-electron chi connectivity index (χ3n) is 4.29. The molecule has 0 bridgehead atoms. The SMILES string of the molecule is CCCCCCCCCCCCCCC(C)OS(=O)(=O)OC(=O)CCN. The molecule has 0 radical (unpaired) electrons. The van der Waals surface area contributed by atoms with E-state index < -0.39 is 22.5 Å². The van der Waals surface area contributed by atoms with E-state index in [1.54, 1.807) is 6.92 Å². The number of unbranched alkanes of at least 4 members (excludes halogenated alkanes) is 11. The van der Waals surface area contributed by atoms with Crippen LogP contribution in [0.5, 0.6) is 0 Å². The lowest BCUT2D eigenvalue weighted by atomic mass is 10.0. The van der Waals surface area contributed by atoms with Gasteiger partial charge in [-0.1, -0.05) is 84.0 Å². The monoisotopic (exact) mass is 393 g/mol. The zero-order valence-electron chi connectivity index (χ0n) is 16.7. The van der Waals surface area contributed by atoms with Crippen molar-refractivity contribution in [1.82, 2.24) is 0 Å². The number of carbonyl (C=O) groups is 1. The predicted octanol–water partition coefficient (Wildman–Crippen LogP) is 4.62. The van der Waals surface area contributed by atoms with Gasteiger partial charge in [0.25, 0.3) is 0 Å². The lowest BCUT2D eigenvalue weighted by molar-refractivity contribution is -0.134. The van der Waals surface area contributed by atoms with E-state index in [0.717, 1.165) is 12.8 Å². The molecule has 0 amide bonds. The van der Waals surface area contributed by atoms with Gasteiger partial charge in [0.15, 0.2) is 0 Å². The van der Waals surface area contributed by atoms with E-state index in [0.29, 0.717) is 6.42 Å². The minimum absolute atomic E-state index is 0.0444. The van der Waals surface area contributed by atoms with Crippen LogP contribution in [0, 0.1) is 0 Å². The van der Waals surface area contributed by atoms with Crippen LogP contribution in [0.15, 0.2) is 0 Å². The molecule has 6 nitrogen and oxygen atoms in total. The summed E-state index contributed by atoms with van der Waals surface area (Å²) in [6, 6.07) is 0. The molecule has 0 aromatic carbocycles. The van der Waals surface area contributed by atoms with E-state index >= 15 is 0 Å². The fourth-order valence-corrected chi connectivity index (χ4v) is 3.66. The smallest absolute Gasteiger partial charge is 0.330 e. The zero-order chi connectivity index (χ0) is 19.7. The lowest BCUT2D eigenvalue weighted by Crippen LogP contribution is -2.22. The molecule has 1 unspecified atom stereocenters. The molecule has 2 N–H and O–H groups in total. The van der Waals surface area contributed by atoms with Crippen molar-refractivity contribution in [3.8, 4) is 0 Å². The predicted molar refractivity (Wildman–Crippen MR) is 105 cm³/mol. The highest BCUT2D eigenvalue weighted by atomic mass is 32.3. The quantitative estimate of drug-likeness (QED) is 0.341. The summed E-state index contributed by atoms with van der Waals surface area (Å²) >= 11 is 0. The van der Waals surface area contributed by atoms with Crippen LogP contribution in [-0.4, -0.2) is 27.0 Å². The van der Waals surface area contributed by atoms with Crippen molar-refractivity contribution < 1.29 is 21.6 Å². The summed E-state index contributed by atoms with van der Waals surface area (Å²) in [4.78, 5) is 11.2. The van der Waals surface area contributed by atoms with Gasteiger partial charge in [-0.15, -0.1) is 0 Å². The van der Waals surface area contributed by atoms with Gasteiger partial charge in [0, 0.05) is 6.54 Å². The number of carbonyl (C=O) groups excluding carboxylic acids is 1. The summed E-state index contributed by atoms with van der Waals surface area (Å²) in [7, 11) is -4.27. The molecule has 0 aliphatic rings. The minimum Gasteiger partial charge on any atom is -0.330 e. The van der Waals surface area contributed by atoms with E-state index in [9.17, 15) is 13.2 Å². The summed E-state index contributed by atoms with van der Waals surface area (Å²) in [5.74, 6) is -0.884. The Labute approximate surface area is 160 Å². The van der Waals surface area contributed by atoms with Crippen molar-refractivity contribution in [2.24, 2.45) is 5.73 Å². The maximum absolute atomic E-state index is 11.5. The molecule has 1 atom stereocenters. The molecule has 0 saturated heterocycles. The fraction of sp³-hybridized carbons (Fsp3) is 0.947. The second kappa shape index (κ2) is 16.5. The second-order valence-electron chi connectivity index (χ2n) is 6.99. The first kappa shape index (κ1) is 25.3. The van der Waals surface area contributed by atoms with Crippen LogP contribution >= 0.6 is 0 Å². The average Bonchev–Trinajstić information content (AvgIpc) is 2.55. The molecule has 0 heterocycles. The maximum atomic E-state index is 11.5. The van der Waals surface area contributed by atoms with Gasteiger partial charge in [0.05, 0.1) is 12.5 Å². The van der Waals surface area contributed by atoms with E-state index in [-0.39, 0.29) is 13.0 Å². The highest BCUT2D eigenvalue weighted by Crippen LogP contribution is 2.14. The topological polar surface area (TPSA) is 95.7 Å². The molecule has 0 aliphatic heterocycles. The Morgan fingerprint density at radius 1 is 0.885 bits per heavy atom. The Morgan fingerprint density at radius 3 is 1.81 bits per heavy atom. The number of hydrogen-bond donors (Lipinski definition) is 1. The standard InChI is InChI=1S/C19H39NO5S/c1-3-4-5-6-7-8-9-10-11-12-13-14-15-18(2)24-26(22,23)25-19(21)16-17-20/h18H,3-17,20H2,1-2H3. The molecule has 0 spiro atoms. The van der Waals surface area contributed by atoms with Gasteiger partial charge >= 0.3 is 16.4 Å². The van der Waals surface area contributed by atoms with Crippen LogP contribution in [0.3, 0.4) is 0 Å². The Balaban J connectivity index is 3.53. The van der Waals surface area contributed by atoms with Crippen molar-refractivity contribution in [2.45, 2.75) is 110 Å². The van der Waals surface area contributed by atoms with Gasteiger partial charge in [-0.2, -0.15) is 8.42 Å². The largest absolute Gasteiger partial charge is 0.451 e. The van der Waals surface area contributed by atoms with Crippen LogP contribution in [0.2, 0.25) is 0 Å². The highest BCUT2D eigenvalue weighted by molar-refractivity contribution is 7.82. The Kier molecular flexibility index (Phi) is 16.1. The van der Waals surface area contributed by atoms with Gasteiger partial charge < -0.3 is 9.92 Å². The molecule has 7 heteroatoms. The van der Waals surface area contributed by atoms with Gasteiger partial charge in [-0.05, 0) is 13.3 Å². The van der Waals surface area contributed by atoms with Crippen molar-refractivity contribution >= 4 is 16.4 Å². The molecule has 0 fully saturated rings. The van der Waals surface area contributed by atoms with Crippen LogP contribution in [0.1, 0.15) is 104 Å². The van der Waals surface area contributed by atoms with Crippen LogP contribution in [0.25, 0.3) is 0 Å². The highest BCUT2D eigenvalue weighted by Gasteiger charge is 2.21. The number of hydrogen-bond acceptors (Lipinski definition) is 6. The summed E-state index contributed by atoms with van der Waals surface area (Å²) in [6.07, 6.45) is 15.1. The molecular formula is C19H39NO5S. The molecule has 0 aromatic heterocycles. The molecule has 0 aromatic rings. The van der Waals surface area contributed by atoms with Crippen molar-refractivity contribution in [2.75, 3.05) is 6.54 Å². The first-order valence-electron chi connectivity index (χ1n) is 10.3. The maximum Gasteiger partial charge on any atom is 0.451 e. The lowest BCUT2D eigenvalue weighted by Gasteiger charge is -2.12. The average molecular weight is 394 g/mol. The Bertz CT molecular complexity index is 439. The first-order valence-corrected chi connectivity index (χ1v) is 11.6. The summed E-state index contributed by atoms with van der Waals surface area (Å²) in [6.45, 7) is 3.96. The van der Waals surface area contributed by atoms with Gasteiger partial charge in [0.2, 0.25) is 0 Å². The number of rotatable bonds is 18. The minimum atomic E-state index is -4.27. The molecular weight excluding hydrogens is 354 g/mol. The third kappa shape index (κ3) is 16.8. The molecule has 26 heavy (non-hydrogen) atoms. The Hall–Kier alpha value is -0.660. The third-order valence-corrected chi connectivity index (χ3v) is 5.24.